The van der Waals surface area contributed by atoms with E-state index in [1.807, 2.05) is 48.8 Å². The second-order valence-electron chi connectivity index (χ2n) is 14.3. The van der Waals surface area contributed by atoms with Crippen molar-refractivity contribution in [3.63, 3.8) is 0 Å². The van der Waals surface area contributed by atoms with Gasteiger partial charge in [0, 0.05) is 12.4 Å². The van der Waals surface area contributed by atoms with Gasteiger partial charge >= 0.3 is 0 Å². The Morgan fingerprint density at radius 1 is 0.273 bits per heavy atom. The van der Waals surface area contributed by atoms with E-state index < -0.39 is 0 Å². The number of hydrogen-bond donors (Lipinski definition) is 0. The minimum atomic E-state index is -0.360. The van der Waals surface area contributed by atoms with Crippen LogP contribution in [0.4, 0.5) is 0 Å². The molecule has 2 aliphatic carbocycles. The quantitative estimate of drug-likeness (QED) is 0.179. The van der Waals surface area contributed by atoms with Gasteiger partial charge in [0.05, 0.1) is 28.2 Å². The highest BCUT2D eigenvalue weighted by molar-refractivity contribution is 5.96. The van der Waals surface area contributed by atoms with Crippen LogP contribution in [0.15, 0.2) is 200 Å². The van der Waals surface area contributed by atoms with Gasteiger partial charge in [0.15, 0.2) is 0 Å². The van der Waals surface area contributed by atoms with Crippen LogP contribution in [0.5, 0.6) is 0 Å². The van der Waals surface area contributed by atoms with Crippen LogP contribution in [0.2, 0.25) is 0 Å². The van der Waals surface area contributed by atoms with Crippen LogP contribution in [0.1, 0.15) is 22.3 Å². The summed E-state index contributed by atoms with van der Waals surface area (Å²) < 4.78 is 0. The van der Waals surface area contributed by atoms with Gasteiger partial charge in [0.1, 0.15) is 0 Å². The summed E-state index contributed by atoms with van der Waals surface area (Å²) in [7, 11) is 0. The molecule has 0 bridgehead atoms. The van der Waals surface area contributed by atoms with E-state index in [-0.39, 0.29) is 5.41 Å². The number of aromatic nitrogens is 3. The number of rotatable bonds is 5. The van der Waals surface area contributed by atoms with Crippen molar-refractivity contribution in [3.8, 4) is 78.4 Å². The number of nitrogens with zero attached hydrogens (tertiary/aromatic N) is 3. The molecule has 0 aliphatic heterocycles. The lowest BCUT2D eigenvalue weighted by atomic mass is 9.70. The SMILES string of the molecule is c1ccc(-c2cc(-c3ccccc3-c3ccc(-c4ccc5c(c4)C4(c6ccccc6-c6ccccc64)c4ccccc4-5)cc3)cc(-c3ccccn3)n2)nc1. The molecule has 3 heterocycles. The summed E-state index contributed by atoms with van der Waals surface area (Å²) in [5.41, 5.74) is 20.5. The molecule has 55 heavy (non-hydrogen) atoms. The zero-order valence-electron chi connectivity index (χ0n) is 29.9. The molecule has 0 amide bonds. The maximum atomic E-state index is 5.01. The highest BCUT2D eigenvalue weighted by atomic mass is 14.8. The third-order valence-electron chi connectivity index (χ3n) is 11.4. The van der Waals surface area contributed by atoms with E-state index >= 15 is 0 Å². The molecule has 11 rings (SSSR count). The van der Waals surface area contributed by atoms with E-state index in [0.717, 1.165) is 45.0 Å². The Balaban J connectivity index is 1.02. The van der Waals surface area contributed by atoms with Gasteiger partial charge in [-0.05, 0) is 120 Å². The van der Waals surface area contributed by atoms with Crippen molar-refractivity contribution in [3.05, 3.63) is 223 Å². The topological polar surface area (TPSA) is 38.7 Å². The van der Waals surface area contributed by atoms with E-state index in [1.165, 1.54) is 55.6 Å². The second kappa shape index (κ2) is 12.4. The molecule has 0 saturated carbocycles. The summed E-state index contributed by atoms with van der Waals surface area (Å²) in [6.45, 7) is 0. The van der Waals surface area contributed by atoms with Gasteiger partial charge in [-0.15, -0.1) is 0 Å². The lowest BCUT2D eigenvalue weighted by molar-refractivity contribution is 0.794. The van der Waals surface area contributed by atoms with Crippen LogP contribution >= 0.6 is 0 Å². The average Bonchev–Trinajstić information content (AvgIpc) is 3.74. The minimum Gasteiger partial charge on any atom is -0.255 e. The van der Waals surface area contributed by atoms with Crippen LogP contribution in [0.25, 0.3) is 78.4 Å². The second-order valence-corrected chi connectivity index (χ2v) is 14.3. The largest absolute Gasteiger partial charge is 0.255 e. The predicted molar refractivity (Wildman–Crippen MR) is 223 cm³/mol. The molecule has 6 aromatic carbocycles. The first-order valence-corrected chi connectivity index (χ1v) is 18.8. The van der Waals surface area contributed by atoms with E-state index in [2.05, 4.69) is 162 Å². The lowest BCUT2D eigenvalue weighted by Gasteiger charge is -2.30. The molecule has 0 saturated heterocycles. The van der Waals surface area contributed by atoms with Crippen molar-refractivity contribution in [2.75, 3.05) is 0 Å². The third-order valence-corrected chi connectivity index (χ3v) is 11.4. The number of hydrogen-bond acceptors (Lipinski definition) is 3. The van der Waals surface area contributed by atoms with Gasteiger partial charge in [-0.25, -0.2) is 4.98 Å². The van der Waals surface area contributed by atoms with Gasteiger partial charge in [0.25, 0.3) is 0 Å². The Labute approximate surface area is 320 Å². The Morgan fingerprint density at radius 2 is 0.691 bits per heavy atom. The first-order chi connectivity index (χ1) is 27.3. The van der Waals surface area contributed by atoms with Crippen molar-refractivity contribution in [1.82, 2.24) is 15.0 Å². The van der Waals surface area contributed by atoms with Crippen LogP contribution in [0.3, 0.4) is 0 Å². The highest BCUT2D eigenvalue weighted by Gasteiger charge is 2.51. The van der Waals surface area contributed by atoms with E-state index in [9.17, 15) is 0 Å². The molecule has 0 unspecified atom stereocenters. The van der Waals surface area contributed by atoms with E-state index in [1.54, 1.807) is 0 Å². The van der Waals surface area contributed by atoms with E-state index in [0.29, 0.717) is 0 Å². The van der Waals surface area contributed by atoms with Crippen molar-refractivity contribution < 1.29 is 0 Å². The normalized spacial score (nSPS) is 12.9. The maximum Gasteiger partial charge on any atom is 0.0900 e. The highest BCUT2D eigenvalue weighted by Crippen LogP contribution is 2.63. The monoisotopic (exact) mass is 699 g/mol. The molecule has 256 valence electrons. The molecule has 0 fully saturated rings. The average molecular weight is 700 g/mol. The standard InChI is InChI=1S/C52H33N3/c1-2-14-39(37-32-50(48-21-9-11-29-53-48)55-51(33-37)49-22-10-12-30-54-49)38(13-1)35-25-23-34(24-26-35)36-27-28-43-42-17-5-8-20-46(42)52(47(43)31-36)44-18-6-3-15-40(44)41-16-4-7-19-45(41)52/h1-33H. The summed E-state index contributed by atoms with van der Waals surface area (Å²) in [6.07, 6.45) is 3.62. The first-order valence-electron chi connectivity index (χ1n) is 18.8. The van der Waals surface area contributed by atoms with Gasteiger partial charge in [-0.1, -0.05) is 146 Å². The summed E-state index contributed by atoms with van der Waals surface area (Å²) in [6, 6.07) is 67.8. The molecular formula is C52H33N3. The van der Waals surface area contributed by atoms with Gasteiger partial charge in [-0.3, -0.25) is 9.97 Å². The third kappa shape index (κ3) is 4.80. The number of pyridine rings is 3. The Bertz CT molecular complexity index is 2790. The Kier molecular flexibility index (Phi) is 7.08. The predicted octanol–water partition coefficient (Wildman–Crippen LogP) is 12.6. The van der Waals surface area contributed by atoms with Crippen LogP contribution in [0, 0.1) is 0 Å². The van der Waals surface area contributed by atoms with Gasteiger partial charge in [-0.2, -0.15) is 0 Å². The molecule has 3 heteroatoms. The number of fused-ring (bicyclic) bond motifs is 10. The van der Waals surface area contributed by atoms with Crippen LogP contribution < -0.4 is 0 Å². The number of benzene rings is 6. The van der Waals surface area contributed by atoms with Gasteiger partial charge in [0.2, 0.25) is 0 Å². The first kappa shape index (κ1) is 31.3. The molecular weight excluding hydrogens is 667 g/mol. The fraction of sp³-hybridized carbons (Fsp3) is 0.0192. The Morgan fingerprint density at radius 3 is 1.20 bits per heavy atom. The summed E-state index contributed by atoms with van der Waals surface area (Å²) in [4.78, 5) is 14.3. The molecule has 0 atom stereocenters. The van der Waals surface area contributed by atoms with Crippen LogP contribution in [-0.2, 0) is 5.41 Å². The fourth-order valence-corrected chi connectivity index (χ4v) is 9.08. The molecule has 3 nitrogen and oxygen atoms in total. The fourth-order valence-electron chi connectivity index (χ4n) is 9.08. The maximum absolute atomic E-state index is 5.01. The zero-order chi connectivity index (χ0) is 36.3. The summed E-state index contributed by atoms with van der Waals surface area (Å²) in [5, 5.41) is 0. The molecule has 2 aliphatic rings. The molecule has 0 N–H and O–H groups in total. The Hall–Kier alpha value is -7.23. The van der Waals surface area contributed by atoms with Crippen molar-refractivity contribution in [2.45, 2.75) is 5.41 Å². The van der Waals surface area contributed by atoms with Gasteiger partial charge < -0.3 is 0 Å². The molecule has 1 spiro atoms. The molecule has 0 radical (unpaired) electrons. The van der Waals surface area contributed by atoms with Crippen LogP contribution in [-0.4, -0.2) is 15.0 Å². The lowest BCUT2D eigenvalue weighted by Crippen LogP contribution is -2.25. The summed E-state index contributed by atoms with van der Waals surface area (Å²) in [5.74, 6) is 0. The minimum absolute atomic E-state index is 0.360. The molecule has 9 aromatic rings. The van der Waals surface area contributed by atoms with Crippen molar-refractivity contribution in [2.24, 2.45) is 0 Å². The van der Waals surface area contributed by atoms with Crippen molar-refractivity contribution >= 4 is 0 Å². The van der Waals surface area contributed by atoms with Crippen molar-refractivity contribution in [1.29, 1.82) is 0 Å². The van der Waals surface area contributed by atoms with E-state index in [4.69, 9.17) is 4.98 Å². The summed E-state index contributed by atoms with van der Waals surface area (Å²) >= 11 is 0. The zero-order valence-corrected chi connectivity index (χ0v) is 29.9. The molecule has 3 aromatic heterocycles. The smallest absolute Gasteiger partial charge is 0.0900 e.